The molecule has 1 rings (SSSR count). The molecule has 0 radical (unpaired) electrons. The van der Waals surface area contributed by atoms with E-state index in [1.165, 1.54) is 0 Å². The fraction of sp³-hybridized carbons (Fsp3) is 0.429. The van der Waals surface area contributed by atoms with Crippen LogP contribution in [-0.4, -0.2) is 13.2 Å². The van der Waals surface area contributed by atoms with Crippen molar-refractivity contribution < 1.29 is 9.15 Å². The summed E-state index contributed by atoms with van der Waals surface area (Å²) in [5, 5.41) is 0. The normalized spacial score (nSPS) is 9.80. The molecule has 0 aliphatic carbocycles. The topological polar surface area (TPSA) is 48.4 Å². The van der Waals surface area contributed by atoms with Crippen LogP contribution < -0.4 is 10.5 Å². The van der Waals surface area contributed by atoms with E-state index >= 15 is 0 Å². The number of furan rings is 1. The monoisotopic (exact) mass is 141 g/mol. The molecule has 56 valence electrons. The zero-order valence-corrected chi connectivity index (χ0v) is 5.96. The third kappa shape index (κ3) is 1.51. The highest BCUT2D eigenvalue weighted by molar-refractivity contribution is 5.19. The minimum atomic E-state index is 0.508. The molecule has 0 bridgehead atoms. The summed E-state index contributed by atoms with van der Waals surface area (Å²) in [6.45, 7) is 2.95. The van der Waals surface area contributed by atoms with Crippen molar-refractivity contribution in [1.29, 1.82) is 0 Å². The molecule has 10 heavy (non-hydrogen) atoms. The summed E-state index contributed by atoms with van der Waals surface area (Å²) in [5.74, 6) is 0.574. The van der Waals surface area contributed by atoms with Crippen LogP contribution in [-0.2, 0) is 0 Å². The number of hydrogen-bond donors (Lipinski definition) is 1. The van der Waals surface area contributed by atoms with Crippen LogP contribution in [0.3, 0.4) is 0 Å². The third-order valence-corrected chi connectivity index (χ3v) is 1.17. The van der Waals surface area contributed by atoms with E-state index in [2.05, 4.69) is 0 Å². The van der Waals surface area contributed by atoms with E-state index in [4.69, 9.17) is 14.9 Å². The number of hydrogen-bond acceptors (Lipinski definition) is 3. The number of nitrogens with two attached hydrogens (primary N) is 1. The largest absolute Gasteiger partial charge is 0.464 e. The van der Waals surface area contributed by atoms with Gasteiger partial charge in [0, 0.05) is 12.1 Å². The van der Waals surface area contributed by atoms with Crippen molar-refractivity contribution >= 4 is 0 Å². The van der Waals surface area contributed by atoms with Gasteiger partial charge in [0.2, 0.25) is 0 Å². The van der Waals surface area contributed by atoms with Gasteiger partial charge in [0.15, 0.2) is 0 Å². The van der Waals surface area contributed by atoms with Crippen LogP contribution in [0, 0.1) is 6.92 Å². The van der Waals surface area contributed by atoms with Crippen molar-refractivity contribution in [3.05, 3.63) is 17.9 Å². The predicted molar refractivity (Wildman–Crippen MR) is 38.0 cm³/mol. The molecule has 3 heteroatoms. The second kappa shape index (κ2) is 3.27. The SMILES string of the molecule is Cc1ccoc1OCCN. The van der Waals surface area contributed by atoms with Crippen molar-refractivity contribution in [2.24, 2.45) is 5.73 Å². The molecule has 0 fully saturated rings. The van der Waals surface area contributed by atoms with Gasteiger partial charge in [-0.15, -0.1) is 0 Å². The molecular weight excluding hydrogens is 130 g/mol. The Morgan fingerprint density at radius 2 is 2.50 bits per heavy atom. The van der Waals surface area contributed by atoms with E-state index < -0.39 is 0 Å². The van der Waals surface area contributed by atoms with Crippen LogP contribution in [0.5, 0.6) is 5.95 Å². The molecule has 0 unspecified atom stereocenters. The molecule has 0 aromatic carbocycles. The van der Waals surface area contributed by atoms with Crippen molar-refractivity contribution in [2.45, 2.75) is 6.92 Å². The minimum Gasteiger partial charge on any atom is -0.464 e. The fourth-order valence-electron chi connectivity index (χ4n) is 0.658. The highest BCUT2D eigenvalue weighted by Crippen LogP contribution is 2.17. The van der Waals surface area contributed by atoms with Crippen LogP contribution in [0.15, 0.2) is 16.7 Å². The van der Waals surface area contributed by atoms with E-state index in [9.17, 15) is 0 Å². The van der Waals surface area contributed by atoms with Gasteiger partial charge in [-0.2, -0.15) is 0 Å². The lowest BCUT2D eigenvalue weighted by Gasteiger charge is -1.99. The molecule has 1 heterocycles. The van der Waals surface area contributed by atoms with E-state index in [1.54, 1.807) is 6.26 Å². The molecule has 0 amide bonds. The highest BCUT2D eigenvalue weighted by atomic mass is 16.6. The summed E-state index contributed by atoms with van der Waals surface area (Å²) in [4.78, 5) is 0. The first-order valence-corrected chi connectivity index (χ1v) is 3.21. The second-order valence-corrected chi connectivity index (χ2v) is 2.03. The van der Waals surface area contributed by atoms with Crippen molar-refractivity contribution in [1.82, 2.24) is 0 Å². The van der Waals surface area contributed by atoms with E-state index in [0.29, 0.717) is 19.1 Å². The first-order chi connectivity index (χ1) is 4.84. The molecule has 1 aromatic heterocycles. The number of aryl methyl sites for hydroxylation is 1. The Morgan fingerprint density at radius 1 is 1.70 bits per heavy atom. The van der Waals surface area contributed by atoms with Crippen molar-refractivity contribution in [2.75, 3.05) is 13.2 Å². The van der Waals surface area contributed by atoms with Gasteiger partial charge in [0.25, 0.3) is 5.95 Å². The maximum atomic E-state index is 5.23. The lowest BCUT2D eigenvalue weighted by Crippen LogP contribution is -2.10. The van der Waals surface area contributed by atoms with Crippen molar-refractivity contribution in [3.63, 3.8) is 0 Å². The summed E-state index contributed by atoms with van der Waals surface area (Å²) < 4.78 is 10.1. The van der Waals surface area contributed by atoms with Crippen LogP contribution in [0.1, 0.15) is 5.56 Å². The summed E-state index contributed by atoms with van der Waals surface area (Å²) >= 11 is 0. The van der Waals surface area contributed by atoms with Gasteiger partial charge < -0.3 is 14.9 Å². The highest BCUT2D eigenvalue weighted by Gasteiger charge is 1.99. The summed E-state index contributed by atoms with van der Waals surface area (Å²) in [7, 11) is 0. The Hall–Kier alpha value is -0.960. The zero-order chi connectivity index (χ0) is 7.40. The van der Waals surface area contributed by atoms with Crippen LogP contribution in [0.2, 0.25) is 0 Å². The van der Waals surface area contributed by atoms with Gasteiger partial charge in [0.05, 0.1) is 6.26 Å². The zero-order valence-electron chi connectivity index (χ0n) is 5.96. The Bertz CT molecular complexity index is 195. The fourth-order valence-corrected chi connectivity index (χ4v) is 0.658. The van der Waals surface area contributed by atoms with Crippen LogP contribution >= 0.6 is 0 Å². The number of rotatable bonds is 3. The van der Waals surface area contributed by atoms with Crippen LogP contribution in [0.4, 0.5) is 0 Å². The first kappa shape index (κ1) is 7.15. The average Bonchev–Trinajstić information content (AvgIpc) is 2.31. The smallest absolute Gasteiger partial charge is 0.287 e. The van der Waals surface area contributed by atoms with Crippen LogP contribution in [0.25, 0.3) is 0 Å². The summed E-state index contributed by atoms with van der Waals surface area (Å²) in [5.41, 5.74) is 6.24. The third-order valence-electron chi connectivity index (χ3n) is 1.17. The lowest BCUT2D eigenvalue weighted by atomic mass is 10.4. The van der Waals surface area contributed by atoms with Gasteiger partial charge in [-0.05, 0) is 13.0 Å². The molecular formula is C7H11NO2. The molecule has 0 aliphatic rings. The van der Waals surface area contributed by atoms with E-state index in [0.717, 1.165) is 5.56 Å². The van der Waals surface area contributed by atoms with Gasteiger partial charge in [-0.1, -0.05) is 0 Å². The summed E-state index contributed by atoms with van der Waals surface area (Å²) in [6, 6.07) is 1.85. The van der Waals surface area contributed by atoms with Gasteiger partial charge in [0.1, 0.15) is 6.61 Å². The molecule has 0 saturated carbocycles. The van der Waals surface area contributed by atoms with E-state index in [-0.39, 0.29) is 0 Å². The molecule has 0 aliphatic heterocycles. The molecule has 1 aromatic rings. The van der Waals surface area contributed by atoms with Crippen molar-refractivity contribution in [3.8, 4) is 5.95 Å². The molecule has 0 saturated heterocycles. The maximum absolute atomic E-state index is 5.23. The standard InChI is InChI=1S/C7H11NO2/c1-6-2-4-9-7(6)10-5-3-8/h2,4H,3,5,8H2,1H3. The first-order valence-electron chi connectivity index (χ1n) is 3.21. The van der Waals surface area contributed by atoms with Gasteiger partial charge in [-0.3, -0.25) is 0 Å². The molecule has 0 atom stereocenters. The average molecular weight is 141 g/mol. The predicted octanol–water partition coefficient (Wildman–Crippen LogP) is 0.926. The lowest BCUT2D eigenvalue weighted by molar-refractivity contribution is 0.248. The van der Waals surface area contributed by atoms with E-state index in [1.807, 2.05) is 13.0 Å². The minimum absolute atomic E-state index is 0.508. The van der Waals surface area contributed by atoms with Gasteiger partial charge >= 0.3 is 0 Å². The number of ether oxygens (including phenoxy) is 1. The Morgan fingerprint density at radius 3 is 3.00 bits per heavy atom. The maximum Gasteiger partial charge on any atom is 0.287 e. The molecule has 2 N–H and O–H groups in total. The molecule has 3 nitrogen and oxygen atoms in total. The van der Waals surface area contributed by atoms with Gasteiger partial charge in [-0.25, -0.2) is 0 Å². The Labute approximate surface area is 59.8 Å². The molecule has 0 spiro atoms. The Kier molecular flexibility index (Phi) is 2.34. The Balaban J connectivity index is 2.49. The summed E-state index contributed by atoms with van der Waals surface area (Å²) in [6.07, 6.45) is 1.60. The second-order valence-electron chi connectivity index (χ2n) is 2.03. The quantitative estimate of drug-likeness (QED) is 0.681.